The second kappa shape index (κ2) is 10.0. The van der Waals surface area contributed by atoms with Gasteiger partial charge in [0, 0.05) is 11.3 Å². The van der Waals surface area contributed by atoms with E-state index in [-0.39, 0.29) is 5.41 Å². The molecule has 0 radical (unpaired) electrons. The van der Waals surface area contributed by atoms with Crippen molar-refractivity contribution in [2.75, 3.05) is 0 Å². The Morgan fingerprint density at radius 2 is 1.44 bits per heavy atom. The van der Waals surface area contributed by atoms with Crippen molar-refractivity contribution in [2.45, 2.75) is 97.8 Å². The minimum absolute atomic E-state index is 0.244. The molecular weight excluding hydrogens is 304 g/mol. The van der Waals surface area contributed by atoms with E-state index in [9.17, 15) is 0 Å². The fourth-order valence-electron chi connectivity index (χ4n) is 3.84. The molecule has 1 aromatic heterocycles. The van der Waals surface area contributed by atoms with E-state index in [2.05, 4.69) is 58.0 Å². The molecule has 1 atom stereocenters. The molecule has 0 saturated heterocycles. The van der Waals surface area contributed by atoms with Crippen LogP contribution in [0.2, 0.25) is 0 Å². The molecule has 0 N–H and O–H groups in total. The molecule has 1 nitrogen and oxygen atoms in total. The van der Waals surface area contributed by atoms with Gasteiger partial charge in [-0.2, -0.15) is 0 Å². The summed E-state index contributed by atoms with van der Waals surface area (Å²) in [7, 11) is 0. The molecule has 0 aliphatic heterocycles. The lowest BCUT2D eigenvalue weighted by atomic mass is 9.76. The van der Waals surface area contributed by atoms with E-state index in [1.807, 2.05) is 0 Å². The predicted molar refractivity (Wildman–Crippen MR) is 110 cm³/mol. The molecule has 1 aromatic carbocycles. The molecule has 0 bridgehead atoms. The smallest absolute Gasteiger partial charge is 0.134 e. The molecule has 0 amide bonds. The molecule has 1 heterocycles. The average molecular weight is 343 g/mol. The average Bonchev–Trinajstić information content (AvgIpc) is 2.98. The van der Waals surface area contributed by atoms with Gasteiger partial charge in [-0.3, -0.25) is 0 Å². The standard InChI is InChI=1S/C24H38O/c1-5-6-7-8-9-10-11-12-13-17-21(24(2,3)4)23-19-20-16-14-15-18-22(20)25-23/h14-16,18-19,21H,5-13,17H2,1-4H3. The molecule has 0 spiro atoms. The Morgan fingerprint density at radius 1 is 0.840 bits per heavy atom. The summed E-state index contributed by atoms with van der Waals surface area (Å²) < 4.78 is 6.19. The number of hydrogen-bond acceptors (Lipinski definition) is 1. The first-order valence-corrected chi connectivity index (χ1v) is 10.5. The highest BCUT2D eigenvalue weighted by Gasteiger charge is 2.28. The molecule has 0 aliphatic carbocycles. The fraction of sp³-hybridized carbons (Fsp3) is 0.667. The van der Waals surface area contributed by atoms with Gasteiger partial charge in [0.15, 0.2) is 0 Å². The van der Waals surface area contributed by atoms with Gasteiger partial charge in [0.2, 0.25) is 0 Å². The molecule has 140 valence electrons. The second-order valence-electron chi connectivity index (χ2n) is 8.72. The summed E-state index contributed by atoms with van der Waals surface area (Å²) in [5, 5.41) is 1.24. The van der Waals surface area contributed by atoms with Crippen LogP contribution in [-0.2, 0) is 0 Å². The molecule has 2 aromatic rings. The van der Waals surface area contributed by atoms with Crippen molar-refractivity contribution in [1.82, 2.24) is 0 Å². The Kier molecular flexibility index (Phi) is 8.06. The van der Waals surface area contributed by atoms with Crippen LogP contribution in [0, 0.1) is 5.41 Å². The van der Waals surface area contributed by atoms with Gasteiger partial charge in [-0.05, 0) is 24.0 Å². The van der Waals surface area contributed by atoms with Crippen molar-refractivity contribution < 1.29 is 4.42 Å². The Bertz CT molecular complexity index is 569. The van der Waals surface area contributed by atoms with Crippen LogP contribution in [0.3, 0.4) is 0 Å². The summed E-state index contributed by atoms with van der Waals surface area (Å²) in [6, 6.07) is 10.6. The van der Waals surface area contributed by atoms with Gasteiger partial charge < -0.3 is 4.42 Å². The molecule has 1 unspecified atom stereocenters. The number of benzene rings is 1. The number of furan rings is 1. The quantitative estimate of drug-likeness (QED) is 0.373. The van der Waals surface area contributed by atoms with Crippen LogP contribution in [0.15, 0.2) is 34.7 Å². The van der Waals surface area contributed by atoms with E-state index >= 15 is 0 Å². The third-order valence-corrected chi connectivity index (χ3v) is 5.43. The summed E-state index contributed by atoms with van der Waals surface area (Å²) in [4.78, 5) is 0. The topological polar surface area (TPSA) is 13.1 Å². The first kappa shape index (κ1) is 20.1. The number of para-hydroxylation sites is 1. The SMILES string of the molecule is CCCCCCCCCCCC(c1cc2ccccc2o1)C(C)(C)C. The predicted octanol–water partition coefficient (Wildman–Crippen LogP) is 8.48. The van der Waals surface area contributed by atoms with Crippen LogP contribution in [-0.4, -0.2) is 0 Å². The second-order valence-corrected chi connectivity index (χ2v) is 8.72. The third-order valence-electron chi connectivity index (χ3n) is 5.43. The van der Waals surface area contributed by atoms with Crippen LogP contribution in [0.25, 0.3) is 11.0 Å². The summed E-state index contributed by atoms with van der Waals surface area (Å²) in [6.07, 6.45) is 13.7. The normalized spacial score (nSPS) is 13.4. The van der Waals surface area contributed by atoms with Crippen molar-refractivity contribution in [3.8, 4) is 0 Å². The van der Waals surface area contributed by atoms with Gasteiger partial charge in [0.05, 0.1) is 0 Å². The van der Waals surface area contributed by atoms with E-state index in [4.69, 9.17) is 4.42 Å². The highest BCUT2D eigenvalue weighted by molar-refractivity contribution is 5.77. The Morgan fingerprint density at radius 3 is 2.04 bits per heavy atom. The van der Waals surface area contributed by atoms with Gasteiger partial charge in [-0.15, -0.1) is 0 Å². The lowest BCUT2D eigenvalue weighted by molar-refractivity contribution is 0.264. The number of hydrogen-bond donors (Lipinski definition) is 0. The van der Waals surface area contributed by atoms with Crippen molar-refractivity contribution in [3.05, 3.63) is 36.1 Å². The maximum absolute atomic E-state index is 6.19. The van der Waals surface area contributed by atoms with Gasteiger partial charge in [0.1, 0.15) is 11.3 Å². The minimum Gasteiger partial charge on any atom is -0.461 e. The number of unbranched alkanes of at least 4 members (excludes halogenated alkanes) is 8. The number of fused-ring (bicyclic) bond motifs is 1. The summed E-state index contributed by atoms with van der Waals surface area (Å²) in [6.45, 7) is 9.32. The minimum atomic E-state index is 0.244. The van der Waals surface area contributed by atoms with Crippen LogP contribution < -0.4 is 0 Å². The fourth-order valence-corrected chi connectivity index (χ4v) is 3.84. The Balaban J connectivity index is 1.79. The Labute approximate surface area is 155 Å². The van der Waals surface area contributed by atoms with E-state index in [0.29, 0.717) is 5.92 Å². The van der Waals surface area contributed by atoms with Gasteiger partial charge >= 0.3 is 0 Å². The first-order chi connectivity index (χ1) is 12.0. The maximum Gasteiger partial charge on any atom is 0.134 e. The molecule has 0 aliphatic rings. The molecule has 1 heteroatoms. The summed E-state index contributed by atoms with van der Waals surface area (Å²) >= 11 is 0. The maximum atomic E-state index is 6.19. The van der Waals surface area contributed by atoms with E-state index in [0.717, 1.165) is 5.58 Å². The van der Waals surface area contributed by atoms with Crippen LogP contribution in [0.5, 0.6) is 0 Å². The summed E-state index contributed by atoms with van der Waals surface area (Å²) in [5.74, 6) is 1.68. The van der Waals surface area contributed by atoms with Crippen LogP contribution in [0.1, 0.15) is 104 Å². The van der Waals surface area contributed by atoms with Gasteiger partial charge in [-0.1, -0.05) is 104 Å². The lowest BCUT2D eigenvalue weighted by Gasteiger charge is -2.29. The molecule has 0 saturated carbocycles. The first-order valence-electron chi connectivity index (χ1n) is 10.5. The molecule has 0 fully saturated rings. The molecule has 2 rings (SSSR count). The van der Waals surface area contributed by atoms with Crippen LogP contribution in [0.4, 0.5) is 0 Å². The van der Waals surface area contributed by atoms with E-state index in [1.165, 1.54) is 75.4 Å². The molecular formula is C24H38O. The van der Waals surface area contributed by atoms with Crippen molar-refractivity contribution in [1.29, 1.82) is 0 Å². The van der Waals surface area contributed by atoms with Gasteiger partial charge in [-0.25, -0.2) is 0 Å². The molecule has 25 heavy (non-hydrogen) atoms. The largest absolute Gasteiger partial charge is 0.461 e. The zero-order chi connectivity index (χ0) is 18.1. The number of rotatable bonds is 11. The van der Waals surface area contributed by atoms with E-state index < -0.39 is 0 Å². The van der Waals surface area contributed by atoms with Crippen LogP contribution >= 0.6 is 0 Å². The van der Waals surface area contributed by atoms with Gasteiger partial charge in [0.25, 0.3) is 0 Å². The third kappa shape index (κ3) is 6.53. The van der Waals surface area contributed by atoms with E-state index in [1.54, 1.807) is 0 Å². The van der Waals surface area contributed by atoms with Crippen molar-refractivity contribution in [3.63, 3.8) is 0 Å². The highest BCUT2D eigenvalue weighted by Crippen LogP contribution is 2.41. The zero-order valence-electron chi connectivity index (χ0n) is 16.9. The lowest BCUT2D eigenvalue weighted by Crippen LogP contribution is -2.18. The Hall–Kier alpha value is -1.24. The van der Waals surface area contributed by atoms with Crippen molar-refractivity contribution >= 4 is 11.0 Å². The van der Waals surface area contributed by atoms with Crippen molar-refractivity contribution in [2.24, 2.45) is 5.41 Å². The summed E-state index contributed by atoms with van der Waals surface area (Å²) in [5.41, 5.74) is 1.27. The monoisotopic (exact) mass is 342 g/mol. The highest BCUT2D eigenvalue weighted by atomic mass is 16.3. The zero-order valence-corrected chi connectivity index (χ0v) is 16.9.